The maximum atomic E-state index is 11.8. The molecule has 0 heterocycles. The first-order valence-corrected chi connectivity index (χ1v) is 10.0. The molecule has 4 N–H and O–H groups in total. The Hall–Kier alpha value is -3.54. The topological polar surface area (TPSA) is 98.7 Å². The Kier molecular flexibility index (Phi) is 9.73. The van der Waals surface area contributed by atoms with Gasteiger partial charge in [0, 0.05) is 25.2 Å². The van der Waals surface area contributed by atoms with Gasteiger partial charge in [-0.2, -0.15) is 0 Å². The first kappa shape index (κ1) is 22.7. The summed E-state index contributed by atoms with van der Waals surface area (Å²) in [5.74, 6) is 0.106. The van der Waals surface area contributed by atoms with Crippen molar-refractivity contribution in [1.82, 2.24) is 10.6 Å². The highest BCUT2D eigenvalue weighted by Gasteiger charge is 1.98. The largest absolute Gasteiger partial charge is 0.508 e. The van der Waals surface area contributed by atoms with E-state index in [9.17, 15) is 19.8 Å². The van der Waals surface area contributed by atoms with E-state index in [0.29, 0.717) is 13.1 Å². The van der Waals surface area contributed by atoms with Crippen molar-refractivity contribution in [3.05, 3.63) is 71.8 Å². The Morgan fingerprint density at radius 1 is 0.633 bits per heavy atom. The van der Waals surface area contributed by atoms with E-state index in [0.717, 1.165) is 36.8 Å². The molecule has 30 heavy (non-hydrogen) atoms. The normalized spacial score (nSPS) is 11.1. The van der Waals surface area contributed by atoms with Crippen LogP contribution in [0.2, 0.25) is 0 Å². The summed E-state index contributed by atoms with van der Waals surface area (Å²) in [5, 5.41) is 24.1. The number of carbonyl (C=O) groups is 2. The second-order valence-corrected chi connectivity index (χ2v) is 6.85. The fraction of sp³-hybridized carbons (Fsp3) is 0.250. The van der Waals surface area contributed by atoms with Crippen LogP contribution in [0.4, 0.5) is 0 Å². The molecular formula is C24H28N2O4. The molecule has 0 unspecified atom stereocenters. The molecule has 0 radical (unpaired) electrons. The number of nitrogens with one attached hydrogen (secondary N) is 2. The van der Waals surface area contributed by atoms with E-state index in [2.05, 4.69) is 10.6 Å². The van der Waals surface area contributed by atoms with Crippen LogP contribution < -0.4 is 10.6 Å². The fourth-order valence-electron chi connectivity index (χ4n) is 2.66. The minimum absolute atomic E-state index is 0.143. The molecule has 0 atom stereocenters. The number of rotatable bonds is 11. The van der Waals surface area contributed by atoms with Crippen molar-refractivity contribution in [3.8, 4) is 11.5 Å². The van der Waals surface area contributed by atoms with Crippen LogP contribution in [-0.2, 0) is 9.59 Å². The lowest BCUT2D eigenvalue weighted by molar-refractivity contribution is -0.117. The van der Waals surface area contributed by atoms with Gasteiger partial charge in [-0.15, -0.1) is 0 Å². The summed E-state index contributed by atoms with van der Waals surface area (Å²) in [6, 6.07) is 13.3. The van der Waals surface area contributed by atoms with Crippen LogP contribution >= 0.6 is 0 Å². The van der Waals surface area contributed by atoms with Crippen LogP contribution in [-0.4, -0.2) is 35.1 Å². The Labute approximate surface area is 176 Å². The molecule has 0 bridgehead atoms. The highest BCUT2D eigenvalue weighted by atomic mass is 16.3. The lowest BCUT2D eigenvalue weighted by atomic mass is 10.2. The zero-order chi connectivity index (χ0) is 21.6. The summed E-state index contributed by atoms with van der Waals surface area (Å²) in [6.45, 7) is 1.22. The van der Waals surface area contributed by atoms with Crippen LogP contribution in [0.1, 0.15) is 36.8 Å². The van der Waals surface area contributed by atoms with E-state index in [-0.39, 0.29) is 23.3 Å². The summed E-state index contributed by atoms with van der Waals surface area (Å²) in [7, 11) is 0. The predicted molar refractivity (Wildman–Crippen MR) is 119 cm³/mol. The number of phenols is 2. The molecule has 6 nitrogen and oxygen atoms in total. The fourth-order valence-corrected chi connectivity index (χ4v) is 2.66. The number of phenolic OH excluding ortho intramolecular Hbond substituents is 2. The zero-order valence-electron chi connectivity index (χ0n) is 16.9. The third kappa shape index (κ3) is 9.59. The van der Waals surface area contributed by atoms with E-state index in [1.54, 1.807) is 60.7 Å². The third-order valence-electron chi connectivity index (χ3n) is 4.34. The second kappa shape index (κ2) is 12.8. The quantitative estimate of drug-likeness (QED) is 0.337. The van der Waals surface area contributed by atoms with Gasteiger partial charge in [0.2, 0.25) is 11.8 Å². The molecule has 0 spiro atoms. The number of benzene rings is 2. The molecule has 2 rings (SSSR count). The minimum atomic E-state index is -0.143. The maximum absolute atomic E-state index is 11.8. The van der Waals surface area contributed by atoms with Crippen LogP contribution in [0.3, 0.4) is 0 Å². The third-order valence-corrected chi connectivity index (χ3v) is 4.34. The van der Waals surface area contributed by atoms with E-state index >= 15 is 0 Å². The van der Waals surface area contributed by atoms with E-state index in [1.807, 2.05) is 0 Å². The zero-order valence-corrected chi connectivity index (χ0v) is 16.9. The minimum Gasteiger partial charge on any atom is -0.508 e. The van der Waals surface area contributed by atoms with Gasteiger partial charge in [0.25, 0.3) is 0 Å². The number of hydrogen-bond donors (Lipinski definition) is 4. The molecule has 0 fully saturated rings. The van der Waals surface area contributed by atoms with Crippen LogP contribution in [0, 0.1) is 0 Å². The number of hydrogen-bond acceptors (Lipinski definition) is 4. The lowest BCUT2D eigenvalue weighted by Crippen LogP contribution is -2.23. The standard InChI is InChI=1S/C24H28N2O4/c27-21-11-5-19(6-12-21)9-15-23(29)25-17-3-1-2-4-18-26-24(30)16-10-20-7-13-22(28)14-8-20/h5-16,27-28H,1-4,17-18H2,(H,25,29)(H,26,30)/b15-9+,16-10+. The molecule has 0 aromatic heterocycles. The summed E-state index contributed by atoms with van der Waals surface area (Å²) in [4.78, 5) is 23.5. The molecule has 0 saturated heterocycles. The van der Waals surface area contributed by atoms with Crippen molar-refractivity contribution in [1.29, 1.82) is 0 Å². The van der Waals surface area contributed by atoms with Crippen LogP contribution in [0.5, 0.6) is 11.5 Å². The van der Waals surface area contributed by atoms with Gasteiger partial charge in [0.05, 0.1) is 0 Å². The van der Waals surface area contributed by atoms with Crippen LogP contribution in [0.15, 0.2) is 60.7 Å². The van der Waals surface area contributed by atoms with Crippen molar-refractivity contribution >= 4 is 24.0 Å². The first-order chi connectivity index (χ1) is 14.5. The van der Waals surface area contributed by atoms with Crippen molar-refractivity contribution in [2.75, 3.05) is 13.1 Å². The molecule has 0 aliphatic carbocycles. The van der Waals surface area contributed by atoms with Gasteiger partial charge in [-0.05, 0) is 60.4 Å². The summed E-state index contributed by atoms with van der Waals surface area (Å²) < 4.78 is 0. The Morgan fingerprint density at radius 3 is 1.37 bits per heavy atom. The molecule has 2 aromatic rings. The van der Waals surface area contributed by atoms with Crippen molar-refractivity contribution in [2.45, 2.75) is 25.7 Å². The van der Waals surface area contributed by atoms with Crippen molar-refractivity contribution < 1.29 is 19.8 Å². The second-order valence-electron chi connectivity index (χ2n) is 6.85. The van der Waals surface area contributed by atoms with Gasteiger partial charge >= 0.3 is 0 Å². The number of unbranched alkanes of at least 4 members (excludes halogenated alkanes) is 3. The number of amides is 2. The van der Waals surface area contributed by atoms with Gasteiger partial charge in [-0.3, -0.25) is 9.59 Å². The van der Waals surface area contributed by atoms with Gasteiger partial charge in [-0.1, -0.05) is 37.1 Å². The predicted octanol–water partition coefficient (Wildman–Crippen LogP) is 3.62. The van der Waals surface area contributed by atoms with Gasteiger partial charge < -0.3 is 20.8 Å². The van der Waals surface area contributed by atoms with Gasteiger partial charge in [0.1, 0.15) is 11.5 Å². The van der Waals surface area contributed by atoms with Gasteiger partial charge in [0.15, 0.2) is 0 Å². The maximum Gasteiger partial charge on any atom is 0.243 e. The van der Waals surface area contributed by atoms with E-state index in [4.69, 9.17) is 0 Å². The summed E-state index contributed by atoms with van der Waals surface area (Å²) in [5.41, 5.74) is 1.70. The molecule has 0 aliphatic rings. The molecule has 0 saturated carbocycles. The Balaban J connectivity index is 1.48. The molecule has 0 aliphatic heterocycles. The monoisotopic (exact) mass is 408 g/mol. The molecule has 2 aromatic carbocycles. The highest BCUT2D eigenvalue weighted by molar-refractivity contribution is 5.92. The molecule has 6 heteroatoms. The highest BCUT2D eigenvalue weighted by Crippen LogP contribution is 2.11. The Morgan fingerprint density at radius 2 is 1.00 bits per heavy atom. The number of aromatic hydroxyl groups is 2. The lowest BCUT2D eigenvalue weighted by Gasteiger charge is -2.04. The molecule has 158 valence electrons. The van der Waals surface area contributed by atoms with E-state index < -0.39 is 0 Å². The van der Waals surface area contributed by atoms with Crippen molar-refractivity contribution in [2.24, 2.45) is 0 Å². The summed E-state index contributed by atoms with van der Waals surface area (Å²) in [6.07, 6.45) is 10.1. The Bertz CT molecular complexity index is 782. The van der Waals surface area contributed by atoms with E-state index in [1.165, 1.54) is 12.2 Å². The molecule has 2 amide bonds. The smallest absolute Gasteiger partial charge is 0.243 e. The average molecular weight is 408 g/mol. The summed E-state index contributed by atoms with van der Waals surface area (Å²) >= 11 is 0. The number of carbonyl (C=O) groups excluding carboxylic acids is 2. The average Bonchev–Trinajstić information content (AvgIpc) is 2.74. The first-order valence-electron chi connectivity index (χ1n) is 10.0. The SMILES string of the molecule is O=C(/C=C/c1ccc(O)cc1)NCCCCCCNC(=O)/C=C/c1ccc(O)cc1. The van der Waals surface area contributed by atoms with Crippen LogP contribution in [0.25, 0.3) is 12.2 Å². The van der Waals surface area contributed by atoms with Crippen molar-refractivity contribution in [3.63, 3.8) is 0 Å². The van der Waals surface area contributed by atoms with Gasteiger partial charge in [-0.25, -0.2) is 0 Å². The molecular weight excluding hydrogens is 380 g/mol.